The molecule has 1 aromatic carbocycles. The Hall–Kier alpha value is -1.28. The van der Waals surface area contributed by atoms with E-state index in [-0.39, 0.29) is 30.7 Å². The average molecular weight is 412 g/mol. The fourth-order valence-corrected chi connectivity index (χ4v) is 3.38. The summed E-state index contributed by atoms with van der Waals surface area (Å²) in [6.45, 7) is 3.86. The van der Waals surface area contributed by atoms with Gasteiger partial charge >= 0.3 is 6.18 Å². The molecule has 1 atom stereocenters. The van der Waals surface area contributed by atoms with E-state index < -0.39 is 18.6 Å². The standard InChI is InChI=1S/C17H20F3N3O.2ClH/c1-12(24)23-11-14(13-4-2-3-5-15(13)23)16(10-17(18,19)20)22-8-6-21-7-9-22;;/h2-5,11,16,21H,6-10H2,1H3;2*1H/t16-;;/m0../s1. The number of piperazine rings is 1. The highest BCUT2D eigenvalue weighted by molar-refractivity contribution is 5.93. The number of fused-ring (bicyclic) bond motifs is 1. The first-order valence-electron chi connectivity index (χ1n) is 7.99. The van der Waals surface area contributed by atoms with Gasteiger partial charge in [-0.15, -0.1) is 24.8 Å². The minimum absolute atomic E-state index is 0. The number of hydrogen-bond donors (Lipinski definition) is 1. The molecule has 26 heavy (non-hydrogen) atoms. The van der Waals surface area contributed by atoms with Crippen molar-refractivity contribution in [2.75, 3.05) is 26.2 Å². The molecule has 3 rings (SSSR count). The van der Waals surface area contributed by atoms with Crippen molar-refractivity contribution < 1.29 is 18.0 Å². The quantitative estimate of drug-likeness (QED) is 0.827. The number of para-hydroxylation sites is 1. The van der Waals surface area contributed by atoms with Gasteiger partial charge in [-0.2, -0.15) is 13.2 Å². The maximum absolute atomic E-state index is 13.2. The van der Waals surface area contributed by atoms with Gasteiger partial charge in [0.15, 0.2) is 0 Å². The van der Waals surface area contributed by atoms with Crippen LogP contribution in [-0.4, -0.2) is 47.7 Å². The van der Waals surface area contributed by atoms with E-state index in [0.29, 0.717) is 42.6 Å². The molecule has 9 heteroatoms. The topological polar surface area (TPSA) is 37.3 Å². The summed E-state index contributed by atoms with van der Waals surface area (Å²) >= 11 is 0. The van der Waals surface area contributed by atoms with Crippen molar-refractivity contribution in [2.45, 2.75) is 25.6 Å². The lowest BCUT2D eigenvalue weighted by Crippen LogP contribution is -2.46. The van der Waals surface area contributed by atoms with E-state index in [0.717, 1.165) is 0 Å². The van der Waals surface area contributed by atoms with E-state index in [9.17, 15) is 18.0 Å². The molecule has 0 spiro atoms. The molecule has 1 aromatic heterocycles. The SMILES string of the molecule is CC(=O)n1cc([C@H](CC(F)(F)F)N2CCNCC2)c2ccccc21.Cl.Cl. The van der Waals surface area contributed by atoms with Crippen LogP contribution < -0.4 is 5.32 Å². The van der Waals surface area contributed by atoms with Crippen molar-refractivity contribution in [3.63, 3.8) is 0 Å². The van der Waals surface area contributed by atoms with Crippen molar-refractivity contribution in [1.29, 1.82) is 0 Å². The number of alkyl halides is 3. The number of benzene rings is 1. The summed E-state index contributed by atoms with van der Waals surface area (Å²) in [5.41, 5.74) is 1.22. The molecule has 146 valence electrons. The van der Waals surface area contributed by atoms with Crippen LogP contribution in [0.2, 0.25) is 0 Å². The Morgan fingerprint density at radius 1 is 1.19 bits per heavy atom. The van der Waals surface area contributed by atoms with Crippen molar-refractivity contribution in [3.05, 3.63) is 36.0 Å². The summed E-state index contributed by atoms with van der Waals surface area (Å²) in [5.74, 6) is -0.205. The fraction of sp³-hybridized carbons (Fsp3) is 0.471. The first kappa shape index (κ1) is 22.8. The Kier molecular flexibility index (Phi) is 7.95. The van der Waals surface area contributed by atoms with Gasteiger partial charge in [-0.25, -0.2) is 0 Å². The normalized spacial score (nSPS) is 16.6. The van der Waals surface area contributed by atoms with E-state index in [1.165, 1.54) is 11.5 Å². The van der Waals surface area contributed by atoms with E-state index in [4.69, 9.17) is 0 Å². The van der Waals surface area contributed by atoms with Crippen LogP contribution in [0.4, 0.5) is 13.2 Å². The number of nitrogens with one attached hydrogen (secondary N) is 1. The highest BCUT2D eigenvalue weighted by Gasteiger charge is 2.37. The molecule has 1 fully saturated rings. The molecule has 0 unspecified atom stereocenters. The van der Waals surface area contributed by atoms with Crippen LogP contribution in [0.1, 0.15) is 29.7 Å². The second kappa shape index (κ2) is 9.08. The van der Waals surface area contributed by atoms with Gasteiger partial charge in [-0.1, -0.05) is 18.2 Å². The Bertz CT molecular complexity index is 742. The molecule has 1 N–H and O–H groups in total. The summed E-state index contributed by atoms with van der Waals surface area (Å²) in [6.07, 6.45) is -3.61. The van der Waals surface area contributed by atoms with E-state index in [2.05, 4.69) is 5.32 Å². The first-order valence-corrected chi connectivity index (χ1v) is 7.99. The van der Waals surface area contributed by atoms with Crippen molar-refractivity contribution >= 4 is 41.6 Å². The van der Waals surface area contributed by atoms with Crippen molar-refractivity contribution in [1.82, 2.24) is 14.8 Å². The van der Waals surface area contributed by atoms with Gasteiger partial charge in [-0.3, -0.25) is 14.3 Å². The molecule has 1 aliphatic rings. The summed E-state index contributed by atoms with van der Waals surface area (Å²) in [5, 5.41) is 3.87. The van der Waals surface area contributed by atoms with E-state index >= 15 is 0 Å². The number of hydrogen-bond acceptors (Lipinski definition) is 3. The monoisotopic (exact) mass is 411 g/mol. The first-order chi connectivity index (χ1) is 11.4. The zero-order valence-corrected chi connectivity index (χ0v) is 15.9. The van der Waals surface area contributed by atoms with Crippen LogP contribution in [0.15, 0.2) is 30.5 Å². The van der Waals surface area contributed by atoms with E-state index in [1.54, 1.807) is 30.5 Å². The summed E-state index contributed by atoms with van der Waals surface area (Å²) in [7, 11) is 0. The minimum Gasteiger partial charge on any atom is -0.314 e. The molecule has 0 amide bonds. The Labute approximate surface area is 162 Å². The van der Waals surface area contributed by atoms with Crippen LogP contribution in [0.3, 0.4) is 0 Å². The smallest absolute Gasteiger partial charge is 0.314 e. The summed E-state index contributed by atoms with van der Waals surface area (Å²) in [6, 6.07) is 6.35. The Morgan fingerprint density at radius 2 is 1.81 bits per heavy atom. The molecule has 0 saturated carbocycles. The van der Waals surface area contributed by atoms with Crippen LogP contribution in [-0.2, 0) is 0 Å². The highest BCUT2D eigenvalue weighted by Crippen LogP contribution is 2.38. The van der Waals surface area contributed by atoms with Crippen LogP contribution in [0.25, 0.3) is 10.9 Å². The number of halogens is 5. The molecular formula is C17H22Cl2F3N3O. The van der Waals surface area contributed by atoms with Gasteiger partial charge in [0.1, 0.15) is 0 Å². The Balaban J connectivity index is 0.00000169. The molecule has 1 saturated heterocycles. The molecule has 0 bridgehead atoms. The second-order valence-corrected chi connectivity index (χ2v) is 6.11. The second-order valence-electron chi connectivity index (χ2n) is 6.11. The zero-order chi connectivity index (χ0) is 17.3. The van der Waals surface area contributed by atoms with Crippen LogP contribution >= 0.6 is 24.8 Å². The highest BCUT2D eigenvalue weighted by atomic mass is 35.5. The number of carbonyl (C=O) groups is 1. The minimum atomic E-state index is -4.27. The number of rotatable bonds is 3. The predicted octanol–water partition coefficient (Wildman–Crippen LogP) is 4.04. The number of aromatic nitrogens is 1. The molecule has 2 aromatic rings. The fourth-order valence-electron chi connectivity index (χ4n) is 3.38. The molecule has 0 radical (unpaired) electrons. The summed E-state index contributed by atoms with van der Waals surface area (Å²) < 4.78 is 41.0. The third-order valence-electron chi connectivity index (χ3n) is 4.46. The zero-order valence-electron chi connectivity index (χ0n) is 14.3. The molecule has 1 aliphatic heterocycles. The molecule has 4 nitrogen and oxygen atoms in total. The van der Waals surface area contributed by atoms with Gasteiger partial charge in [0.05, 0.1) is 11.9 Å². The lowest BCUT2D eigenvalue weighted by atomic mass is 10.00. The lowest BCUT2D eigenvalue weighted by molar-refractivity contribution is -0.148. The van der Waals surface area contributed by atoms with Gasteiger partial charge in [0.25, 0.3) is 0 Å². The van der Waals surface area contributed by atoms with Crippen LogP contribution in [0, 0.1) is 0 Å². The maximum atomic E-state index is 13.2. The molecule has 0 aliphatic carbocycles. The van der Waals surface area contributed by atoms with Crippen molar-refractivity contribution in [3.8, 4) is 0 Å². The van der Waals surface area contributed by atoms with Crippen LogP contribution in [0.5, 0.6) is 0 Å². The third-order valence-corrected chi connectivity index (χ3v) is 4.46. The van der Waals surface area contributed by atoms with Gasteiger partial charge in [-0.05, 0) is 11.6 Å². The largest absolute Gasteiger partial charge is 0.390 e. The average Bonchev–Trinajstić information content (AvgIpc) is 2.92. The number of nitrogens with zero attached hydrogens (tertiary/aromatic N) is 2. The molecular weight excluding hydrogens is 390 g/mol. The number of carbonyl (C=O) groups excluding carboxylic acids is 1. The third kappa shape index (κ3) is 4.91. The maximum Gasteiger partial charge on any atom is 0.390 e. The van der Waals surface area contributed by atoms with Gasteiger partial charge in [0, 0.05) is 50.7 Å². The Morgan fingerprint density at radius 3 is 2.38 bits per heavy atom. The molecule has 2 heterocycles. The van der Waals surface area contributed by atoms with Gasteiger partial charge in [0.2, 0.25) is 5.91 Å². The summed E-state index contributed by atoms with van der Waals surface area (Å²) in [4.78, 5) is 13.7. The lowest BCUT2D eigenvalue weighted by Gasteiger charge is -2.35. The van der Waals surface area contributed by atoms with Crippen molar-refractivity contribution in [2.24, 2.45) is 0 Å². The predicted molar refractivity (Wildman–Crippen MR) is 101 cm³/mol. The van der Waals surface area contributed by atoms with E-state index in [1.807, 2.05) is 4.90 Å². The van der Waals surface area contributed by atoms with Gasteiger partial charge < -0.3 is 5.32 Å².